The van der Waals surface area contributed by atoms with Crippen LogP contribution in [0.1, 0.15) is 49.4 Å². The molecule has 2 nitrogen and oxygen atoms in total. The van der Waals surface area contributed by atoms with Gasteiger partial charge in [0.25, 0.3) is 0 Å². The molecule has 27 heavy (non-hydrogen) atoms. The standard InChI is InChI=1S/C25H25NO/c1-3-9-25(27)26-17(2)19-11-6-7-13-21(19)23-15-8-14-22-20-12-5-4-10-18(20)16-24(22)23/h4-8,10-15,17H,3,9,16H2,1-2H3,(H,26,27). The summed E-state index contributed by atoms with van der Waals surface area (Å²) in [5.74, 6) is 0.116. The highest BCUT2D eigenvalue weighted by atomic mass is 16.1. The van der Waals surface area contributed by atoms with Crippen molar-refractivity contribution < 1.29 is 4.79 Å². The maximum absolute atomic E-state index is 12.1. The first-order chi connectivity index (χ1) is 13.2. The van der Waals surface area contributed by atoms with E-state index in [0.29, 0.717) is 6.42 Å². The summed E-state index contributed by atoms with van der Waals surface area (Å²) in [6, 6.07) is 23.7. The van der Waals surface area contributed by atoms with Crippen molar-refractivity contribution >= 4 is 5.91 Å². The minimum Gasteiger partial charge on any atom is -0.350 e. The van der Waals surface area contributed by atoms with Crippen LogP contribution in [0.5, 0.6) is 0 Å². The van der Waals surface area contributed by atoms with Gasteiger partial charge in [0.1, 0.15) is 0 Å². The highest BCUT2D eigenvalue weighted by Crippen LogP contribution is 2.42. The smallest absolute Gasteiger partial charge is 0.220 e. The van der Waals surface area contributed by atoms with Gasteiger partial charge in [-0.25, -0.2) is 0 Å². The van der Waals surface area contributed by atoms with Crippen molar-refractivity contribution in [3.8, 4) is 22.3 Å². The first kappa shape index (κ1) is 17.5. The number of hydrogen-bond donors (Lipinski definition) is 1. The Morgan fingerprint density at radius 1 is 0.889 bits per heavy atom. The van der Waals surface area contributed by atoms with Crippen molar-refractivity contribution in [3.05, 3.63) is 83.4 Å². The van der Waals surface area contributed by atoms with Crippen LogP contribution in [0.15, 0.2) is 66.7 Å². The van der Waals surface area contributed by atoms with Gasteiger partial charge >= 0.3 is 0 Å². The third kappa shape index (κ3) is 3.28. The third-order valence-corrected chi connectivity index (χ3v) is 5.42. The van der Waals surface area contributed by atoms with Crippen LogP contribution in [0.25, 0.3) is 22.3 Å². The molecular weight excluding hydrogens is 330 g/mol. The molecule has 2 heteroatoms. The zero-order valence-electron chi connectivity index (χ0n) is 16.0. The molecule has 0 spiro atoms. The van der Waals surface area contributed by atoms with Gasteiger partial charge in [0.2, 0.25) is 5.91 Å². The fraction of sp³-hybridized carbons (Fsp3) is 0.240. The second-order valence-corrected chi connectivity index (χ2v) is 7.29. The van der Waals surface area contributed by atoms with E-state index in [2.05, 4.69) is 79.0 Å². The Bertz CT molecular complexity index is 989. The molecule has 0 heterocycles. The summed E-state index contributed by atoms with van der Waals surface area (Å²) >= 11 is 0. The van der Waals surface area contributed by atoms with E-state index in [1.165, 1.54) is 38.9 Å². The van der Waals surface area contributed by atoms with E-state index >= 15 is 0 Å². The molecule has 136 valence electrons. The van der Waals surface area contributed by atoms with Crippen LogP contribution < -0.4 is 5.32 Å². The normalized spacial score (nSPS) is 13.0. The summed E-state index contributed by atoms with van der Waals surface area (Å²) in [5, 5.41) is 3.15. The molecule has 4 rings (SSSR count). The molecule has 1 amide bonds. The molecule has 1 N–H and O–H groups in total. The fourth-order valence-corrected chi connectivity index (χ4v) is 4.15. The van der Waals surface area contributed by atoms with Gasteiger partial charge in [0.15, 0.2) is 0 Å². The number of nitrogens with one attached hydrogen (secondary N) is 1. The van der Waals surface area contributed by atoms with Crippen LogP contribution in [0.3, 0.4) is 0 Å². The number of hydrogen-bond acceptors (Lipinski definition) is 1. The topological polar surface area (TPSA) is 29.1 Å². The van der Waals surface area contributed by atoms with Crippen LogP contribution in [0.4, 0.5) is 0 Å². The average Bonchev–Trinajstić information content (AvgIpc) is 3.07. The molecular formula is C25H25NO. The van der Waals surface area contributed by atoms with E-state index in [1.54, 1.807) is 0 Å². The summed E-state index contributed by atoms with van der Waals surface area (Å²) in [5.41, 5.74) is 9.12. The summed E-state index contributed by atoms with van der Waals surface area (Å²) in [7, 11) is 0. The predicted molar refractivity (Wildman–Crippen MR) is 112 cm³/mol. The maximum atomic E-state index is 12.1. The molecule has 1 unspecified atom stereocenters. The largest absolute Gasteiger partial charge is 0.350 e. The van der Waals surface area contributed by atoms with Crippen molar-refractivity contribution in [2.75, 3.05) is 0 Å². The van der Waals surface area contributed by atoms with Crippen LogP contribution in [-0.4, -0.2) is 5.91 Å². The van der Waals surface area contributed by atoms with Crippen LogP contribution in [0.2, 0.25) is 0 Å². The number of fused-ring (bicyclic) bond motifs is 3. The van der Waals surface area contributed by atoms with Crippen molar-refractivity contribution in [1.82, 2.24) is 5.32 Å². The van der Waals surface area contributed by atoms with Crippen LogP contribution in [-0.2, 0) is 11.2 Å². The molecule has 1 aliphatic carbocycles. The summed E-state index contributed by atoms with van der Waals surface area (Å²) < 4.78 is 0. The Balaban J connectivity index is 1.75. The monoisotopic (exact) mass is 355 g/mol. The van der Waals surface area contributed by atoms with Crippen molar-refractivity contribution in [2.24, 2.45) is 0 Å². The Hall–Kier alpha value is -2.87. The molecule has 0 bridgehead atoms. The number of rotatable bonds is 5. The van der Waals surface area contributed by atoms with E-state index in [9.17, 15) is 4.79 Å². The van der Waals surface area contributed by atoms with Crippen molar-refractivity contribution in [1.29, 1.82) is 0 Å². The van der Waals surface area contributed by atoms with E-state index in [4.69, 9.17) is 0 Å². The minimum atomic E-state index is -0.0140. The number of carbonyl (C=O) groups is 1. The van der Waals surface area contributed by atoms with Crippen LogP contribution in [0, 0.1) is 0 Å². The first-order valence-electron chi connectivity index (χ1n) is 9.78. The SMILES string of the molecule is CCCC(=O)NC(C)c1ccccc1-c1cccc2c1Cc1ccccc1-2. The lowest BCUT2D eigenvalue weighted by Crippen LogP contribution is -2.26. The first-order valence-corrected chi connectivity index (χ1v) is 9.78. The van der Waals surface area contributed by atoms with Crippen molar-refractivity contribution in [3.63, 3.8) is 0 Å². The molecule has 0 fully saturated rings. The molecule has 0 radical (unpaired) electrons. The number of carbonyl (C=O) groups excluding carboxylic acids is 1. The van der Waals surface area contributed by atoms with Gasteiger partial charge in [-0.15, -0.1) is 0 Å². The molecule has 3 aromatic carbocycles. The number of amides is 1. The third-order valence-electron chi connectivity index (χ3n) is 5.42. The predicted octanol–water partition coefficient (Wildman–Crippen LogP) is 5.90. The molecule has 3 aromatic rings. The zero-order chi connectivity index (χ0) is 18.8. The fourth-order valence-electron chi connectivity index (χ4n) is 4.15. The van der Waals surface area contributed by atoms with E-state index in [1.807, 2.05) is 6.92 Å². The Labute approximate surface area is 161 Å². The molecule has 1 atom stereocenters. The highest BCUT2D eigenvalue weighted by molar-refractivity contribution is 5.86. The summed E-state index contributed by atoms with van der Waals surface area (Å²) in [6.07, 6.45) is 2.40. The van der Waals surface area contributed by atoms with Gasteiger partial charge < -0.3 is 5.32 Å². The molecule has 0 aromatic heterocycles. The molecule has 0 aliphatic heterocycles. The van der Waals surface area contributed by atoms with Gasteiger partial charge in [0, 0.05) is 6.42 Å². The van der Waals surface area contributed by atoms with E-state index in [-0.39, 0.29) is 11.9 Å². The van der Waals surface area contributed by atoms with Gasteiger partial charge in [-0.3, -0.25) is 4.79 Å². The van der Waals surface area contributed by atoms with E-state index < -0.39 is 0 Å². The zero-order valence-corrected chi connectivity index (χ0v) is 16.0. The number of benzene rings is 3. The quantitative estimate of drug-likeness (QED) is 0.474. The van der Waals surface area contributed by atoms with Gasteiger partial charge in [-0.05, 0) is 58.7 Å². The lowest BCUT2D eigenvalue weighted by Gasteiger charge is -2.20. The lowest BCUT2D eigenvalue weighted by molar-refractivity contribution is -0.121. The molecule has 1 aliphatic rings. The van der Waals surface area contributed by atoms with Gasteiger partial charge in [-0.2, -0.15) is 0 Å². The molecule has 0 saturated carbocycles. The second-order valence-electron chi connectivity index (χ2n) is 7.29. The maximum Gasteiger partial charge on any atom is 0.220 e. The summed E-state index contributed by atoms with van der Waals surface area (Å²) in [4.78, 5) is 12.1. The molecule has 0 saturated heterocycles. The Kier molecular flexibility index (Phi) is 4.81. The Morgan fingerprint density at radius 3 is 2.30 bits per heavy atom. The van der Waals surface area contributed by atoms with Crippen molar-refractivity contribution in [2.45, 2.75) is 39.2 Å². The van der Waals surface area contributed by atoms with Gasteiger partial charge in [-0.1, -0.05) is 73.7 Å². The van der Waals surface area contributed by atoms with Crippen LogP contribution >= 0.6 is 0 Å². The minimum absolute atomic E-state index is 0.0140. The Morgan fingerprint density at radius 2 is 1.52 bits per heavy atom. The summed E-state index contributed by atoms with van der Waals surface area (Å²) in [6.45, 7) is 4.10. The second kappa shape index (κ2) is 7.40. The van der Waals surface area contributed by atoms with E-state index in [0.717, 1.165) is 12.8 Å². The lowest BCUT2D eigenvalue weighted by atomic mass is 9.90. The average molecular weight is 355 g/mol. The van der Waals surface area contributed by atoms with Gasteiger partial charge in [0.05, 0.1) is 6.04 Å². The highest BCUT2D eigenvalue weighted by Gasteiger charge is 2.23.